The van der Waals surface area contributed by atoms with Crippen LogP contribution in [-0.2, 0) is 23.1 Å². The highest BCUT2D eigenvalue weighted by atomic mass is 32.2. The molecule has 4 rings (SSSR count). The lowest BCUT2D eigenvalue weighted by Gasteiger charge is -2.21. The van der Waals surface area contributed by atoms with Crippen LogP contribution >= 0.6 is 0 Å². The third kappa shape index (κ3) is 4.94. The Bertz CT molecular complexity index is 1390. The molecule has 172 valence electrons. The summed E-state index contributed by atoms with van der Waals surface area (Å²) in [7, 11) is -2.44. The summed E-state index contributed by atoms with van der Waals surface area (Å²) < 4.78 is 44.3. The molecule has 2 heterocycles. The highest BCUT2D eigenvalue weighted by molar-refractivity contribution is 7.89. The molecule has 0 atom stereocenters. The lowest BCUT2D eigenvalue weighted by molar-refractivity contribution is 0.340. The van der Waals surface area contributed by atoms with E-state index in [1.54, 1.807) is 42.5 Å². The molecule has 8 nitrogen and oxygen atoms in total. The number of ether oxygens (including phenoxy) is 2. The summed E-state index contributed by atoms with van der Waals surface area (Å²) >= 11 is 0. The second kappa shape index (κ2) is 9.51. The average Bonchev–Trinajstić information content (AvgIpc) is 3.33. The van der Waals surface area contributed by atoms with Crippen LogP contribution in [0.3, 0.4) is 0 Å². The fraction of sp³-hybridized carbons (Fsp3) is 0.208. The first-order valence-electron chi connectivity index (χ1n) is 10.4. The van der Waals surface area contributed by atoms with E-state index in [0.29, 0.717) is 34.9 Å². The fourth-order valence-electron chi connectivity index (χ4n) is 3.49. The maximum atomic E-state index is 13.5. The minimum Gasteiger partial charge on any atom is -0.497 e. The van der Waals surface area contributed by atoms with E-state index in [9.17, 15) is 13.2 Å². The van der Waals surface area contributed by atoms with Gasteiger partial charge >= 0.3 is 0 Å². The van der Waals surface area contributed by atoms with Crippen LogP contribution in [0, 0.1) is 0 Å². The number of benzene rings is 2. The van der Waals surface area contributed by atoms with Crippen LogP contribution < -0.4 is 15.0 Å². The molecule has 0 aliphatic heterocycles. The summed E-state index contributed by atoms with van der Waals surface area (Å²) in [6, 6.07) is 16.5. The molecule has 0 amide bonds. The van der Waals surface area contributed by atoms with E-state index in [0.717, 1.165) is 5.39 Å². The smallest absolute Gasteiger partial charge is 0.252 e. The quantitative estimate of drug-likeness (QED) is 0.400. The normalized spacial score (nSPS) is 11.7. The maximum absolute atomic E-state index is 13.5. The Balaban J connectivity index is 1.74. The van der Waals surface area contributed by atoms with Crippen molar-refractivity contribution in [2.45, 2.75) is 24.9 Å². The van der Waals surface area contributed by atoms with Gasteiger partial charge in [0.15, 0.2) is 0 Å². The largest absolute Gasteiger partial charge is 0.497 e. The van der Waals surface area contributed by atoms with Crippen LogP contribution in [0.15, 0.2) is 81.0 Å². The Kier molecular flexibility index (Phi) is 6.52. The molecule has 2 aromatic heterocycles. The number of H-pyrrole nitrogens is 1. The molecule has 33 heavy (non-hydrogen) atoms. The molecule has 0 unspecified atom stereocenters. The van der Waals surface area contributed by atoms with E-state index >= 15 is 0 Å². The number of fused-ring (bicyclic) bond motifs is 1. The van der Waals surface area contributed by atoms with Gasteiger partial charge in [0.1, 0.15) is 17.3 Å². The van der Waals surface area contributed by atoms with Gasteiger partial charge in [-0.25, -0.2) is 8.42 Å². The second-order valence-corrected chi connectivity index (χ2v) is 9.27. The molecular formula is C24H24N2O6S. The Labute approximate surface area is 191 Å². The number of furan rings is 1. The predicted molar refractivity (Wildman–Crippen MR) is 124 cm³/mol. The lowest BCUT2D eigenvalue weighted by Crippen LogP contribution is -2.32. The zero-order valence-electron chi connectivity index (χ0n) is 18.3. The summed E-state index contributed by atoms with van der Waals surface area (Å²) in [6.45, 7) is 2.23. The van der Waals surface area contributed by atoms with E-state index in [2.05, 4.69) is 4.98 Å². The SMILES string of the molecule is CCOc1ccc2[nH]c(=O)c(CN(Cc3ccco3)S(=O)(=O)c3ccc(OC)cc3)cc2c1. The van der Waals surface area contributed by atoms with Crippen molar-refractivity contribution in [2.75, 3.05) is 13.7 Å². The predicted octanol–water partition coefficient (Wildman–Crippen LogP) is 3.92. The van der Waals surface area contributed by atoms with Crippen LogP contribution in [-0.4, -0.2) is 31.4 Å². The van der Waals surface area contributed by atoms with Crippen molar-refractivity contribution in [3.63, 3.8) is 0 Å². The molecule has 0 aliphatic rings. The molecule has 0 aliphatic carbocycles. The highest BCUT2D eigenvalue weighted by Gasteiger charge is 2.27. The monoisotopic (exact) mass is 468 g/mol. The molecule has 0 saturated carbocycles. The lowest BCUT2D eigenvalue weighted by atomic mass is 10.1. The van der Waals surface area contributed by atoms with Gasteiger partial charge in [-0.15, -0.1) is 0 Å². The van der Waals surface area contributed by atoms with Crippen molar-refractivity contribution in [3.05, 3.63) is 88.6 Å². The van der Waals surface area contributed by atoms with Gasteiger partial charge in [-0.3, -0.25) is 4.79 Å². The van der Waals surface area contributed by atoms with Gasteiger partial charge in [-0.2, -0.15) is 4.31 Å². The van der Waals surface area contributed by atoms with Gasteiger partial charge in [-0.1, -0.05) is 0 Å². The first-order chi connectivity index (χ1) is 15.9. The number of hydrogen-bond acceptors (Lipinski definition) is 6. The summed E-state index contributed by atoms with van der Waals surface area (Å²) in [5.41, 5.74) is 0.587. The molecule has 0 saturated heterocycles. The van der Waals surface area contributed by atoms with Crippen LogP contribution in [0.4, 0.5) is 0 Å². The van der Waals surface area contributed by atoms with Gasteiger partial charge in [0.25, 0.3) is 5.56 Å². The topological polar surface area (TPSA) is 102 Å². The van der Waals surface area contributed by atoms with Crippen molar-refractivity contribution in [1.82, 2.24) is 9.29 Å². The molecule has 9 heteroatoms. The van der Waals surface area contributed by atoms with Gasteiger partial charge in [0.2, 0.25) is 10.0 Å². The Morgan fingerprint density at radius 2 is 1.76 bits per heavy atom. The van der Waals surface area contributed by atoms with E-state index in [-0.39, 0.29) is 23.5 Å². The number of nitrogens with zero attached hydrogens (tertiary/aromatic N) is 1. The number of methoxy groups -OCH3 is 1. The minimum atomic E-state index is -3.95. The maximum Gasteiger partial charge on any atom is 0.252 e. The summed E-state index contributed by atoms with van der Waals surface area (Å²) in [5, 5.41) is 0.746. The number of hydrogen-bond donors (Lipinski definition) is 1. The number of nitrogens with one attached hydrogen (secondary N) is 1. The number of aromatic nitrogens is 1. The molecule has 4 aromatic rings. The van der Waals surface area contributed by atoms with E-state index in [4.69, 9.17) is 13.9 Å². The van der Waals surface area contributed by atoms with Crippen LogP contribution in [0.2, 0.25) is 0 Å². The Hall–Kier alpha value is -3.56. The molecule has 0 bridgehead atoms. The zero-order chi connectivity index (χ0) is 23.4. The molecule has 0 radical (unpaired) electrons. The standard InChI is InChI=1S/C24H24N2O6S/c1-3-31-20-8-11-23-17(14-20)13-18(24(27)25-23)15-26(16-21-5-4-12-32-21)33(28,29)22-9-6-19(30-2)7-10-22/h4-14H,3,15-16H2,1-2H3,(H,25,27). The summed E-state index contributed by atoms with van der Waals surface area (Å²) in [4.78, 5) is 15.7. The average molecular weight is 469 g/mol. The molecule has 1 N–H and O–H groups in total. The van der Waals surface area contributed by atoms with E-state index in [1.165, 1.54) is 29.8 Å². The summed E-state index contributed by atoms with van der Waals surface area (Å²) in [5.74, 6) is 1.67. The fourth-order valence-corrected chi connectivity index (χ4v) is 4.88. The van der Waals surface area contributed by atoms with Crippen molar-refractivity contribution >= 4 is 20.9 Å². The number of aromatic amines is 1. The van der Waals surface area contributed by atoms with Gasteiger partial charge < -0.3 is 18.9 Å². The van der Waals surface area contributed by atoms with Crippen molar-refractivity contribution in [1.29, 1.82) is 0 Å². The summed E-state index contributed by atoms with van der Waals surface area (Å²) in [6.07, 6.45) is 1.48. The van der Waals surface area contributed by atoms with Crippen molar-refractivity contribution < 1.29 is 22.3 Å². The zero-order valence-corrected chi connectivity index (χ0v) is 19.1. The molecule has 0 spiro atoms. The first-order valence-corrected chi connectivity index (χ1v) is 11.8. The molecule has 0 fully saturated rings. The minimum absolute atomic E-state index is 0.0299. The Morgan fingerprint density at radius 1 is 1.00 bits per heavy atom. The third-order valence-electron chi connectivity index (χ3n) is 5.16. The van der Waals surface area contributed by atoms with Gasteiger partial charge in [-0.05, 0) is 67.6 Å². The first kappa shape index (κ1) is 22.6. The van der Waals surface area contributed by atoms with Crippen LogP contribution in [0.5, 0.6) is 11.5 Å². The Morgan fingerprint density at radius 3 is 2.42 bits per heavy atom. The number of rotatable bonds is 9. The van der Waals surface area contributed by atoms with Gasteiger partial charge in [0, 0.05) is 23.0 Å². The van der Waals surface area contributed by atoms with Crippen LogP contribution in [0.25, 0.3) is 10.9 Å². The van der Waals surface area contributed by atoms with E-state index < -0.39 is 10.0 Å². The highest BCUT2D eigenvalue weighted by Crippen LogP contribution is 2.24. The van der Waals surface area contributed by atoms with Crippen molar-refractivity contribution in [3.8, 4) is 11.5 Å². The van der Waals surface area contributed by atoms with Crippen LogP contribution in [0.1, 0.15) is 18.2 Å². The second-order valence-electron chi connectivity index (χ2n) is 7.33. The van der Waals surface area contributed by atoms with Gasteiger partial charge in [0.05, 0.1) is 31.4 Å². The third-order valence-corrected chi connectivity index (χ3v) is 6.97. The molecular weight excluding hydrogens is 444 g/mol. The molecule has 2 aromatic carbocycles. The number of sulfonamides is 1. The van der Waals surface area contributed by atoms with E-state index in [1.807, 2.05) is 13.0 Å². The van der Waals surface area contributed by atoms with Crippen molar-refractivity contribution in [2.24, 2.45) is 0 Å². The number of pyridine rings is 1.